The van der Waals surface area contributed by atoms with Crippen molar-refractivity contribution in [3.8, 4) is 11.6 Å². The van der Waals surface area contributed by atoms with Crippen LogP contribution in [0.25, 0.3) is 0 Å². The molecule has 6 heteroatoms. The van der Waals surface area contributed by atoms with Crippen LogP contribution in [0.5, 0.6) is 11.6 Å². The predicted octanol–water partition coefficient (Wildman–Crippen LogP) is 1.64. The van der Waals surface area contributed by atoms with E-state index in [0.717, 1.165) is 0 Å². The van der Waals surface area contributed by atoms with Crippen molar-refractivity contribution in [2.75, 3.05) is 12.8 Å². The van der Waals surface area contributed by atoms with Gasteiger partial charge in [-0.1, -0.05) is 0 Å². The molecule has 0 saturated carbocycles. The fourth-order valence-electron chi connectivity index (χ4n) is 1.32. The number of hydrogen-bond acceptors (Lipinski definition) is 6. The van der Waals surface area contributed by atoms with E-state index in [0.29, 0.717) is 11.4 Å². The minimum Gasteiger partial charge on any atom is -0.465 e. The van der Waals surface area contributed by atoms with E-state index >= 15 is 0 Å². The number of nitrogens with zero attached hydrogens (tertiary/aromatic N) is 2. The quantitative estimate of drug-likeness (QED) is 0.827. The maximum absolute atomic E-state index is 11.6. The van der Waals surface area contributed by atoms with Gasteiger partial charge in [-0.25, -0.2) is 9.78 Å². The molecule has 0 aliphatic heterocycles. The number of ether oxygens (including phenoxy) is 2. The van der Waals surface area contributed by atoms with Crippen LogP contribution in [-0.2, 0) is 4.74 Å². The molecule has 0 spiro atoms. The van der Waals surface area contributed by atoms with Gasteiger partial charge in [-0.2, -0.15) is 0 Å². The van der Waals surface area contributed by atoms with Gasteiger partial charge < -0.3 is 15.2 Å². The number of nitrogens with two attached hydrogens (primary N) is 1. The molecule has 0 aliphatic carbocycles. The molecule has 0 aliphatic rings. The lowest BCUT2D eigenvalue weighted by Gasteiger charge is -2.08. The van der Waals surface area contributed by atoms with Crippen molar-refractivity contribution in [2.45, 2.75) is 0 Å². The summed E-state index contributed by atoms with van der Waals surface area (Å²) in [4.78, 5) is 19.4. The van der Waals surface area contributed by atoms with Gasteiger partial charge in [-0.15, -0.1) is 0 Å². The second-order valence-corrected chi connectivity index (χ2v) is 3.40. The van der Waals surface area contributed by atoms with Crippen molar-refractivity contribution in [1.82, 2.24) is 9.97 Å². The molecule has 0 saturated heterocycles. The number of esters is 1. The Hall–Kier alpha value is -2.63. The summed E-state index contributed by atoms with van der Waals surface area (Å²) in [6, 6.07) is 4.86. The molecular weight excluding hydrogens is 234 g/mol. The van der Waals surface area contributed by atoms with E-state index in [1.807, 2.05) is 0 Å². The molecule has 2 N–H and O–H groups in total. The van der Waals surface area contributed by atoms with E-state index in [4.69, 9.17) is 10.5 Å². The Balaban J connectivity index is 2.35. The molecule has 0 radical (unpaired) electrons. The Morgan fingerprint density at radius 3 is 2.89 bits per heavy atom. The Kier molecular flexibility index (Phi) is 3.38. The summed E-state index contributed by atoms with van der Waals surface area (Å²) in [5.41, 5.74) is 6.10. The minimum absolute atomic E-state index is 0.129. The lowest BCUT2D eigenvalue weighted by atomic mass is 10.2. The second-order valence-electron chi connectivity index (χ2n) is 3.40. The first-order valence-corrected chi connectivity index (χ1v) is 5.12. The average Bonchev–Trinajstić information content (AvgIpc) is 2.41. The first-order chi connectivity index (χ1) is 8.70. The normalized spacial score (nSPS) is 9.83. The molecule has 0 amide bonds. The summed E-state index contributed by atoms with van der Waals surface area (Å²) < 4.78 is 10.1. The smallest absolute Gasteiger partial charge is 0.343 e. The number of aromatic nitrogens is 2. The number of methoxy groups -OCH3 is 1. The summed E-state index contributed by atoms with van der Waals surface area (Å²) in [7, 11) is 1.28. The van der Waals surface area contributed by atoms with E-state index in [2.05, 4.69) is 14.7 Å². The van der Waals surface area contributed by atoms with E-state index < -0.39 is 5.97 Å². The third-order valence-corrected chi connectivity index (χ3v) is 2.13. The van der Waals surface area contributed by atoms with Crippen molar-refractivity contribution < 1.29 is 14.3 Å². The molecule has 92 valence electrons. The second kappa shape index (κ2) is 5.13. The largest absolute Gasteiger partial charge is 0.465 e. The third kappa shape index (κ3) is 2.54. The van der Waals surface area contributed by atoms with Crippen molar-refractivity contribution in [3.63, 3.8) is 0 Å². The highest BCUT2D eigenvalue weighted by Gasteiger charge is 2.15. The number of nitrogen functional groups attached to an aromatic ring is 1. The van der Waals surface area contributed by atoms with Crippen LogP contribution >= 0.6 is 0 Å². The lowest BCUT2D eigenvalue weighted by molar-refractivity contribution is 0.0597. The van der Waals surface area contributed by atoms with Crippen LogP contribution in [0, 0.1) is 0 Å². The number of rotatable bonds is 3. The zero-order chi connectivity index (χ0) is 13.0. The van der Waals surface area contributed by atoms with Gasteiger partial charge in [0.05, 0.1) is 25.2 Å². The maximum Gasteiger partial charge on any atom is 0.343 e. The maximum atomic E-state index is 11.6. The topological polar surface area (TPSA) is 87.3 Å². The highest BCUT2D eigenvalue weighted by molar-refractivity contribution is 5.92. The van der Waals surface area contributed by atoms with Crippen LogP contribution in [0.4, 0.5) is 5.69 Å². The zero-order valence-electron chi connectivity index (χ0n) is 9.66. The molecule has 0 atom stereocenters. The van der Waals surface area contributed by atoms with E-state index in [-0.39, 0.29) is 11.4 Å². The monoisotopic (exact) mass is 245 g/mol. The third-order valence-electron chi connectivity index (χ3n) is 2.13. The molecule has 2 rings (SSSR count). The van der Waals surface area contributed by atoms with Crippen LogP contribution in [0.2, 0.25) is 0 Å². The van der Waals surface area contributed by atoms with Gasteiger partial charge in [0.25, 0.3) is 0 Å². The van der Waals surface area contributed by atoms with Crippen LogP contribution < -0.4 is 10.5 Å². The summed E-state index contributed by atoms with van der Waals surface area (Å²) >= 11 is 0. The van der Waals surface area contributed by atoms with Gasteiger partial charge in [-0.05, 0) is 18.2 Å². The fraction of sp³-hybridized carbons (Fsp3) is 0.0833. The van der Waals surface area contributed by atoms with Gasteiger partial charge in [-0.3, -0.25) is 4.98 Å². The van der Waals surface area contributed by atoms with Crippen LogP contribution in [0.15, 0.2) is 36.8 Å². The molecule has 0 unspecified atom stereocenters. The average molecular weight is 245 g/mol. The summed E-state index contributed by atoms with van der Waals surface area (Å²) in [5.74, 6) is 0.0395. The molecule has 2 heterocycles. The minimum atomic E-state index is -0.561. The Bertz CT molecular complexity index is 558. The fourth-order valence-corrected chi connectivity index (χ4v) is 1.32. The molecule has 0 fully saturated rings. The summed E-state index contributed by atoms with van der Waals surface area (Å²) in [6.07, 6.45) is 4.53. The van der Waals surface area contributed by atoms with Gasteiger partial charge in [0.15, 0.2) is 0 Å². The van der Waals surface area contributed by atoms with Crippen LogP contribution in [0.1, 0.15) is 10.4 Å². The number of hydrogen-bond donors (Lipinski definition) is 1. The molecule has 18 heavy (non-hydrogen) atoms. The summed E-state index contributed by atoms with van der Waals surface area (Å²) in [5, 5.41) is 0. The molecule has 6 nitrogen and oxygen atoms in total. The predicted molar refractivity (Wildman–Crippen MR) is 64.3 cm³/mol. The highest BCUT2D eigenvalue weighted by Crippen LogP contribution is 2.24. The Morgan fingerprint density at radius 2 is 2.22 bits per heavy atom. The van der Waals surface area contributed by atoms with Crippen LogP contribution in [-0.4, -0.2) is 23.0 Å². The van der Waals surface area contributed by atoms with Crippen LogP contribution in [0.3, 0.4) is 0 Å². The summed E-state index contributed by atoms with van der Waals surface area (Å²) in [6.45, 7) is 0. The van der Waals surface area contributed by atoms with Crippen molar-refractivity contribution in [1.29, 1.82) is 0 Å². The molecule has 2 aromatic heterocycles. The number of carbonyl (C=O) groups is 1. The van der Waals surface area contributed by atoms with Gasteiger partial charge >= 0.3 is 5.97 Å². The number of pyridine rings is 2. The van der Waals surface area contributed by atoms with E-state index in [9.17, 15) is 4.79 Å². The lowest BCUT2D eigenvalue weighted by Crippen LogP contribution is -2.06. The van der Waals surface area contributed by atoms with Gasteiger partial charge in [0.2, 0.25) is 5.88 Å². The number of carbonyl (C=O) groups excluding carboxylic acids is 1. The zero-order valence-corrected chi connectivity index (χ0v) is 9.66. The number of anilines is 1. The molecule has 0 bridgehead atoms. The van der Waals surface area contributed by atoms with E-state index in [1.165, 1.54) is 25.6 Å². The van der Waals surface area contributed by atoms with Crippen molar-refractivity contribution >= 4 is 11.7 Å². The Labute approximate surface area is 103 Å². The Morgan fingerprint density at radius 1 is 1.39 bits per heavy atom. The van der Waals surface area contributed by atoms with Gasteiger partial charge in [0, 0.05) is 6.20 Å². The SMILES string of the molecule is COC(=O)c1cc(N)cnc1Oc1cccnc1. The first kappa shape index (κ1) is 11.8. The standard InChI is InChI=1S/C12H11N3O3/c1-17-12(16)10-5-8(13)6-15-11(10)18-9-3-2-4-14-7-9/h2-7H,13H2,1H3. The van der Waals surface area contributed by atoms with E-state index in [1.54, 1.807) is 18.3 Å². The van der Waals surface area contributed by atoms with Crippen molar-refractivity contribution in [2.24, 2.45) is 0 Å². The van der Waals surface area contributed by atoms with Gasteiger partial charge in [0.1, 0.15) is 11.3 Å². The molecular formula is C12H11N3O3. The molecule has 2 aromatic rings. The highest BCUT2D eigenvalue weighted by atomic mass is 16.5. The van der Waals surface area contributed by atoms with Crippen molar-refractivity contribution in [3.05, 3.63) is 42.4 Å². The molecule has 0 aromatic carbocycles. The first-order valence-electron chi connectivity index (χ1n) is 5.12.